The zero-order valence-electron chi connectivity index (χ0n) is 29.6. The molecule has 0 saturated heterocycles. The number of hydrogen-bond donors (Lipinski definition) is 0. The standard InChI is InChI=1S/C52H36O2/c1-5-13-37(14-6-1)49-41-21-29-45(30-22-41)53-47-33-25-43(26-34-47)51(39-17-9-3-10-18-39)52(40-19-11-4-12-20-40)44-27-35-48(36-28-44)54-46-31-23-42(24-32-46)50(49)38-15-7-2-8-16-38/h1-36H/b50-49-,52-51-. The summed E-state index contributed by atoms with van der Waals surface area (Å²) in [5.74, 6) is 3.08. The quantitative estimate of drug-likeness (QED) is 0.183. The van der Waals surface area contributed by atoms with E-state index in [0.29, 0.717) is 0 Å². The van der Waals surface area contributed by atoms with Crippen molar-refractivity contribution in [2.24, 2.45) is 0 Å². The van der Waals surface area contributed by atoms with Crippen LogP contribution in [0.15, 0.2) is 218 Å². The lowest BCUT2D eigenvalue weighted by Crippen LogP contribution is -1.99. The van der Waals surface area contributed by atoms with E-state index in [1.807, 2.05) is 0 Å². The third-order valence-electron chi connectivity index (χ3n) is 9.79. The van der Waals surface area contributed by atoms with Gasteiger partial charge in [-0.3, -0.25) is 0 Å². The van der Waals surface area contributed by atoms with Gasteiger partial charge in [0.2, 0.25) is 0 Å². The Morgan fingerprint density at radius 3 is 0.519 bits per heavy atom. The molecule has 0 atom stereocenters. The first kappa shape index (κ1) is 32.7. The van der Waals surface area contributed by atoms with E-state index >= 15 is 0 Å². The Morgan fingerprint density at radius 1 is 0.167 bits per heavy atom. The maximum atomic E-state index is 6.49. The van der Waals surface area contributed by atoms with Crippen molar-refractivity contribution in [1.82, 2.24) is 0 Å². The van der Waals surface area contributed by atoms with Crippen molar-refractivity contribution in [3.05, 3.63) is 263 Å². The third-order valence-corrected chi connectivity index (χ3v) is 9.79. The maximum absolute atomic E-state index is 6.49. The predicted molar refractivity (Wildman–Crippen MR) is 222 cm³/mol. The molecule has 8 bridgehead atoms. The second-order valence-corrected chi connectivity index (χ2v) is 13.3. The topological polar surface area (TPSA) is 18.5 Å². The molecule has 0 amide bonds. The van der Waals surface area contributed by atoms with Gasteiger partial charge in [-0.05, 0) is 115 Å². The number of ether oxygens (including phenoxy) is 2. The summed E-state index contributed by atoms with van der Waals surface area (Å²) >= 11 is 0. The van der Waals surface area contributed by atoms with Crippen LogP contribution in [-0.2, 0) is 0 Å². The van der Waals surface area contributed by atoms with Gasteiger partial charge < -0.3 is 9.47 Å². The van der Waals surface area contributed by atoms with Gasteiger partial charge in [-0.1, -0.05) is 170 Å². The lowest BCUT2D eigenvalue weighted by Gasteiger charge is -2.20. The minimum atomic E-state index is 0.771. The van der Waals surface area contributed by atoms with Gasteiger partial charge in [-0.2, -0.15) is 0 Å². The fourth-order valence-electron chi connectivity index (χ4n) is 7.27. The lowest BCUT2D eigenvalue weighted by atomic mass is 9.85. The summed E-state index contributed by atoms with van der Waals surface area (Å²) in [5, 5.41) is 0. The second kappa shape index (κ2) is 14.8. The van der Waals surface area contributed by atoms with E-state index in [0.717, 1.165) is 89.8 Å². The molecule has 2 heteroatoms. The van der Waals surface area contributed by atoms with Crippen molar-refractivity contribution >= 4 is 22.3 Å². The van der Waals surface area contributed by atoms with Crippen LogP contribution in [0.4, 0.5) is 0 Å². The number of benzene rings is 8. The second-order valence-electron chi connectivity index (χ2n) is 13.3. The van der Waals surface area contributed by atoms with Crippen LogP contribution in [0.2, 0.25) is 0 Å². The van der Waals surface area contributed by atoms with Gasteiger partial charge in [0.15, 0.2) is 0 Å². The molecule has 0 aliphatic carbocycles. The van der Waals surface area contributed by atoms with E-state index < -0.39 is 0 Å². The summed E-state index contributed by atoms with van der Waals surface area (Å²) in [4.78, 5) is 0. The van der Waals surface area contributed by atoms with Crippen LogP contribution >= 0.6 is 0 Å². The molecule has 0 aromatic heterocycles. The highest BCUT2D eigenvalue weighted by molar-refractivity contribution is 6.05. The van der Waals surface area contributed by atoms with Crippen molar-refractivity contribution in [2.45, 2.75) is 0 Å². The minimum Gasteiger partial charge on any atom is -0.457 e. The summed E-state index contributed by atoms with van der Waals surface area (Å²) in [6.45, 7) is 0. The Bertz CT molecular complexity index is 2180. The SMILES string of the molecule is c1ccc(/C2=C(\c3ccccc3)c3ccc(cc3)Oc3ccc(cc3)/C(c3ccccc3)=C(/c3ccccc3)c3ccc(cc3)Oc3ccc2cc3)cc1. The summed E-state index contributed by atoms with van der Waals surface area (Å²) in [6.07, 6.45) is 0. The first-order valence-electron chi connectivity index (χ1n) is 18.2. The molecule has 0 unspecified atom stereocenters. The van der Waals surface area contributed by atoms with Gasteiger partial charge in [0.1, 0.15) is 23.0 Å². The van der Waals surface area contributed by atoms with Crippen LogP contribution in [-0.4, -0.2) is 0 Å². The summed E-state index contributed by atoms with van der Waals surface area (Å²) in [6, 6.07) is 76.1. The highest BCUT2D eigenvalue weighted by Gasteiger charge is 2.19. The van der Waals surface area contributed by atoms with Crippen LogP contribution < -0.4 is 9.47 Å². The molecule has 7 heterocycles. The number of rotatable bonds is 4. The van der Waals surface area contributed by atoms with E-state index in [1.54, 1.807) is 0 Å². The molecule has 0 N–H and O–H groups in total. The Hall–Kier alpha value is -7.16. The molecule has 2 nitrogen and oxygen atoms in total. The Kier molecular flexibility index (Phi) is 8.99. The van der Waals surface area contributed by atoms with Crippen LogP contribution in [0.3, 0.4) is 0 Å². The summed E-state index contributed by atoms with van der Waals surface area (Å²) < 4.78 is 13.0. The van der Waals surface area contributed by atoms with E-state index in [2.05, 4.69) is 218 Å². The molecule has 54 heavy (non-hydrogen) atoms. The zero-order valence-corrected chi connectivity index (χ0v) is 29.6. The van der Waals surface area contributed by atoms with E-state index in [1.165, 1.54) is 0 Å². The first-order chi connectivity index (χ1) is 26.8. The zero-order chi connectivity index (χ0) is 36.1. The van der Waals surface area contributed by atoms with Gasteiger partial charge in [-0.15, -0.1) is 0 Å². The van der Waals surface area contributed by atoms with Gasteiger partial charge in [0.05, 0.1) is 0 Å². The van der Waals surface area contributed by atoms with Crippen LogP contribution in [0, 0.1) is 0 Å². The normalized spacial score (nSPS) is 15.3. The van der Waals surface area contributed by atoms with E-state index in [9.17, 15) is 0 Å². The van der Waals surface area contributed by atoms with Crippen molar-refractivity contribution in [3.63, 3.8) is 0 Å². The van der Waals surface area contributed by atoms with Gasteiger partial charge in [0, 0.05) is 0 Å². The van der Waals surface area contributed by atoms with Crippen molar-refractivity contribution in [3.8, 4) is 23.0 Å². The Labute approximate surface area is 316 Å². The molecule has 7 aliphatic heterocycles. The van der Waals surface area contributed by atoms with Crippen molar-refractivity contribution < 1.29 is 9.47 Å². The minimum absolute atomic E-state index is 0.771. The fraction of sp³-hybridized carbons (Fsp3) is 0. The average Bonchev–Trinajstić information content (AvgIpc) is 3.24. The molecule has 0 fully saturated rings. The van der Waals surface area contributed by atoms with Crippen LogP contribution in [0.1, 0.15) is 44.5 Å². The molecule has 8 aromatic rings. The van der Waals surface area contributed by atoms with Crippen LogP contribution in [0.5, 0.6) is 23.0 Å². The molecule has 7 aliphatic rings. The molecular weight excluding hydrogens is 657 g/mol. The van der Waals surface area contributed by atoms with Crippen molar-refractivity contribution in [2.75, 3.05) is 0 Å². The number of hydrogen-bond acceptors (Lipinski definition) is 2. The maximum Gasteiger partial charge on any atom is 0.127 e. The molecule has 256 valence electrons. The van der Waals surface area contributed by atoms with Gasteiger partial charge in [0.25, 0.3) is 0 Å². The molecule has 8 aromatic carbocycles. The van der Waals surface area contributed by atoms with Crippen molar-refractivity contribution in [1.29, 1.82) is 0 Å². The molecule has 0 radical (unpaired) electrons. The lowest BCUT2D eigenvalue weighted by molar-refractivity contribution is 0.482. The molecular formula is C52H36O2. The summed E-state index contributed by atoms with van der Waals surface area (Å²) in [5.41, 5.74) is 13.5. The molecule has 0 spiro atoms. The smallest absolute Gasteiger partial charge is 0.127 e. The van der Waals surface area contributed by atoms with Crippen LogP contribution in [0.25, 0.3) is 22.3 Å². The first-order valence-corrected chi connectivity index (χ1v) is 18.2. The highest BCUT2D eigenvalue weighted by Crippen LogP contribution is 2.41. The fourth-order valence-corrected chi connectivity index (χ4v) is 7.27. The van der Waals surface area contributed by atoms with Gasteiger partial charge >= 0.3 is 0 Å². The molecule has 0 saturated carbocycles. The monoisotopic (exact) mass is 692 g/mol. The molecule has 15 rings (SSSR count). The highest BCUT2D eigenvalue weighted by atomic mass is 16.5. The predicted octanol–water partition coefficient (Wildman–Crippen LogP) is 13.6. The van der Waals surface area contributed by atoms with E-state index in [-0.39, 0.29) is 0 Å². The third kappa shape index (κ3) is 6.77. The van der Waals surface area contributed by atoms with Gasteiger partial charge in [-0.25, -0.2) is 0 Å². The van der Waals surface area contributed by atoms with E-state index in [4.69, 9.17) is 9.47 Å². The Morgan fingerprint density at radius 2 is 0.333 bits per heavy atom. The summed E-state index contributed by atoms with van der Waals surface area (Å²) in [7, 11) is 0. The Balaban J connectivity index is 1.25. The largest absolute Gasteiger partial charge is 0.457 e. The average molecular weight is 693 g/mol.